The fourth-order valence-electron chi connectivity index (χ4n) is 4.67. The highest BCUT2D eigenvalue weighted by Crippen LogP contribution is 2.32. The molecule has 37 heavy (non-hydrogen) atoms. The molecule has 8 heteroatoms. The number of aromatic nitrogens is 1. The van der Waals surface area contributed by atoms with Crippen molar-refractivity contribution in [3.8, 4) is 5.75 Å². The van der Waals surface area contributed by atoms with E-state index in [0.29, 0.717) is 12.4 Å². The summed E-state index contributed by atoms with van der Waals surface area (Å²) in [5.74, 6) is 0.291. The molecule has 0 amide bonds. The van der Waals surface area contributed by atoms with Crippen LogP contribution >= 0.6 is 15.9 Å². The van der Waals surface area contributed by atoms with Crippen LogP contribution in [0.25, 0.3) is 21.8 Å². The zero-order chi connectivity index (χ0) is 26.4. The quantitative estimate of drug-likeness (QED) is 0.196. The molecule has 2 N–H and O–H groups in total. The fourth-order valence-corrected chi connectivity index (χ4v) is 6.38. The number of aliphatic hydroxyl groups is 1. The van der Waals surface area contributed by atoms with Crippen molar-refractivity contribution in [1.82, 2.24) is 9.88 Å². The summed E-state index contributed by atoms with van der Waals surface area (Å²) in [5.41, 5.74) is 3.18. The van der Waals surface area contributed by atoms with E-state index in [4.69, 9.17) is 4.74 Å². The first-order valence-electron chi connectivity index (χ1n) is 12.8. The molecule has 1 unspecified atom stereocenters. The van der Waals surface area contributed by atoms with Crippen molar-refractivity contribution in [2.45, 2.75) is 50.2 Å². The van der Waals surface area contributed by atoms with Crippen molar-refractivity contribution in [1.29, 1.82) is 0 Å². The Bertz CT molecular complexity index is 1450. The fraction of sp³-hybridized carbons (Fsp3) is 0.379. The number of sulfone groups is 1. The van der Waals surface area contributed by atoms with Crippen LogP contribution in [0.5, 0.6) is 5.75 Å². The van der Waals surface area contributed by atoms with Crippen LogP contribution in [0.4, 0.5) is 0 Å². The molecule has 4 rings (SSSR count). The number of benzene rings is 3. The Labute approximate surface area is 227 Å². The van der Waals surface area contributed by atoms with Crippen LogP contribution in [-0.4, -0.2) is 50.1 Å². The van der Waals surface area contributed by atoms with Gasteiger partial charge in [0.1, 0.15) is 5.75 Å². The van der Waals surface area contributed by atoms with Gasteiger partial charge in [0.05, 0.1) is 29.9 Å². The second kappa shape index (κ2) is 12.4. The highest BCUT2D eigenvalue weighted by molar-refractivity contribution is 9.10. The number of fused-ring (bicyclic) bond motifs is 3. The summed E-state index contributed by atoms with van der Waals surface area (Å²) < 4.78 is 34.9. The molecular formula is C29H35BrN2O4S. The summed E-state index contributed by atoms with van der Waals surface area (Å²) in [6.07, 6.45) is 3.00. The van der Waals surface area contributed by atoms with Gasteiger partial charge in [-0.2, -0.15) is 0 Å². The van der Waals surface area contributed by atoms with Gasteiger partial charge in [0, 0.05) is 26.3 Å². The van der Waals surface area contributed by atoms with E-state index in [2.05, 4.69) is 52.4 Å². The van der Waals surface area contributed by atoms with Crippen LogP contribution < -0.4 is 10.1 Å². The average Bonchev–Trinajstić information content (AvgIpc) is 3.17. The third-order valence-electron chi connectivity index (χ3n) is 6.63. The monoisotopic (exact) mass is 586 g/mol. The molecule has 0 aliphatic rings. The summed E-state index contributed by atoms with van der Waals surface area (Å²) in [6.45, 7) is 3.90. The molecular weight excluding hydrogens is 552 g/mol. The minimum absolute atomic E-state index is 0.182. The van der Waals surface area contributed by atoms with Gasteiger partial charge in [-0.05, 0) is 99.4 Å². The van der Waals surface area contributed by atoms with E-state index in [1.165, 1.54) is 5.56 Å². The Morgan fingerprint density at radius 2 is 1.68 bits per heavy atom. The van der Waals surface area contributed by atoms with E-state index in [1.807, 2.05) is 23.7 Å². The number of ether oxygens (including phenoxy) is 1. The molecule has 198 valence electrons. The van der Waals surface area contributed by atoms with Crippen LogP contribution in [0.1, 0.15) is 31.7 Å². The smallest absolute Gasteiger partial charge is 0.180 e. The Morgan fingerprint density at radius 3 is 2.38 bits per heavy atom. The third kappa shape index (κ3) is 6.74. The lowest BCUT2D eigenvalue weighted by Crippen LogP contribution is -2.25. The first-order chi connectivity index (χ1) is 17.8. The highest BCUT2D eigenvalue weighted by Gasteiger charge is 2.22. The molecule has 4 aromatic rings. The van der Waals surface area contributed by atoms with Gasteiger partial charge in [-0.1, -0.05) is 28.9 Å². The van der Waals surface area contributed by atoms with Crippen molar-refractivity contribution in [3.05, 3.63) is 70.7 Å². The SMILES string of the molecule is CCc1ccc2c(c1)c1cc(Br)ccc1n2CC(O)CS(=O)(=O)c1ccc(OCCCCCNC)cc1. The lowest BCUT2D eigenvalue weighted by Gasteiger charge is -2.15. The number of hydrogen-bond donors (Lipinski definition) is 2. The second-order valence-corrected chi connectivity index (χ2v) is 12.3. The van der Waals surface area contributed by atoms with Crippen molar-refractivity contribution in [2.75, 3.05) is 26.0 Å². The zero-order valence-corrected chi connectivity index (χ0v) is 23.8. The summed E-state index contributed by atoms with van der Waals surface area (Å²) in [4.78, 5) is 0.187. The Morgan fingerprint density at radius 1 is 0.973 bits per heavy atom. The Kier molecular flexibility index (Phi) is 9.29. The molecule has 0 aliphatic heterocycles. The predicted molar refractivity (Wildman–Crippen MR) is 154 cm³/mol. The first-order valence-corrected chi connectivity index (χ1v) is 15.3. The van der Waals surface area contributed by atoms with Crippen molar-refractivity contribution >= 4 is 47.6 Å². The van der Waals surface area contributed by atoms with Crippen LogP contribution in [0.15, 0.2) is 70.0 Å². The van der Waals surface area contributed by atoms with Crippen LogP contribution in [0.2, 0.25) is 0 Å². The van der Waals surface area contributed by atoms with Gasteiger partial charge in [0.15, 0.2) is 9.84 Å². The van der Waals surface area contributed by atoms with Crippen LogP contribution in [0, 0.1) is 0 Å². The maximum absolute atomic E-state index is 13.1. The topological polar surface area (TPSA) is 80.6 Å². The molecule has 1 aromatic heterocycles. The van der Waals surface area contributed by atoms with Gasteiger partial charge >= 0.3 is 0 Å². The first kappa shape index (κ1) is 27.6. The number of nitrogens with zero attached hydrogens (tertiary/aromatic N) is 1. The van der Waals surface area contributed by atoms with E-state index in [9.17, 15) is 13.5 Å². The van der Waals surface area contributed by atoms with Crippen molar-refractivity contribution in [3.63, 3.8) is 0 Å². The minimum Gasteiger partial charge on any atom is -0.494 e. The number of nitrogens with one attached hydrogen (secondary N) is 1. The van der Waals surface area contributed by atoms with Crippen LogP contribution in [0.3, 0.4) is 0 Å². The highest BCUT2D eigenvalue weighted by atomic mass is 79.9. The van der Waals surface area contributed by atoms with E-state index < -0.39 is 15.9 Å². The van der Waals surface area contributed by atoms with Crippen molar-refractivity contribution in [2.24, 2.45) is 0 Å². The predicted octanol–water partition coefficient (Wildman–Crippen LogP) is 5.72. The molecule has 6 nitrogen and oxygen atoms in total. The van der Waals surface area contributed by atoms with Crippen molar-refractivity contribution < 1.29 is 18.3 Å². The number of aryl methyl sites for hydroxylation is 1. The number of hydrogen-bond acceptors (Lipinski definition) is 5. The summed E-state index contributed by atoms with van der Waals surface area (Å²) in [7, 11) is -1.73. The van der Waals surface area contributed by atoms with E-state index >= 15 is 0 Å². The molecule has 3 aromatic carbocycles. The average molecular weight is 588 g/mol. The van der Waals surface area contributed by atoms with Gasteiger partial charge < -0.3 is 19.7 Å². The minimum atomic E-state index is -3.67. The van der Waals surface area contributed by atoms with Gasteiger partial charge in [-0.15, -0.1) is 0 Å². The van der Waals surface area contributed by atoms with Crippen LogP contribution in [-0.2, 0) is 22.8 Å². The summed E-state index contributed by atoms with van der Waals surface area (Å²) in [6, 6.07) is 18.8. The Balaban J connectivity index is 1.46. The maximum Gasteiger partial charge on any atom is 0.180 e. The number of aliphatic hydroxyl groups excluding tert-OH is 1. The summed E-state index contributed by atoms with van der Waals surface area (Å²) in [5, 5.41) is 16.2. The second-order valence-electron chi connectivity index (χ2n) is 9.40. The van der Waals surface area contributed by atoms with E-state index in [0.717, 1.165) is 58.5 Å². The van der Waals surface area contributed by atoms with E-state index in [1.54, 1.807) is 24.3 Å². The largest absolute Gasteiger partial charge is 0.494 e. The number of halogens is 1. The van der Waals surface area contributed by atoms with Gasteiger partial charge in [0.25, 0.3) is 0 Å². The zero-order valence-electron chi connectivity index (χ0n) is 21.4. The molecule has 0 saturated heterocycles. The number of rotatable bonds is 13. The van der Waals surface area contributed by atoms with Gasteiger partial charge in [0.2, 0.25) is 0 Å². The molecule has 0 aliphatic carbocycles. The maximum atomic E-state index is 13.1. The number of unbranched alkanes of at least 4 members (excludes halogenated alkanes) is 2. The molecule has 1 atom stereocenters. The lowest BCUT2D eigenvalue weighted by atomic mass is 10.1. The van der Waals surface area contributed by atoms with Gasteiger partial charge in [-0.3, -0.25) is 0 Å². The molecule has 0 bridgehead atoms. The molecule has 0 radical (unpaired) electrons. The molecule has 0 saturated carbocycles. The normalized spacial score (nSPS) is 12.9. The van der Waals surface area contributed by atoms with Gasteiger partial charge in [-0.25, -0.2) is 8.42 Å². The molecule has 0 fully saturated rings. The van der Waals surface area contributed by atoms with E-state index in [-0.39, 0.29) is 17.2 Å². The standard InChI is InChI=1S/C29H35BrN2O4S/c1-3-21-7-13-28-26(17-21)27-18-22(30)8-14-29(27)32(28)19-23(33)20-37(34,35)25-11-9-24(10-12-25)36-16-6-4-5-15-31-2/h7-14,17-18,23,31,33H,3-6,15-16,19-20H2,1-2H3. The molecule has 0 spiro atoms. The molecule has 1 heterocycles. The lowest BCUT2D eigenvalue weighted by molar-refractivity contribution is 0.179. The summed E-state index contributed by atoms with van der Waals surface area (Å²) >= 11 is 3.56. The Hall–Kier alpha value is -2.39. The third-order valence-corrected chi connectivity index (χ3v) is 8.93.